The van der Waals surface area contributed by atoms with Crippen LogP contribution in [0.1, 0.15) is 34.6 Å². The van der Waals surface area contributed by atoms with Crippen LogP contribution in [0.25, 0.3) is 0 Å². The summed E-state index contributed by atoms with van der Waals surface area (Å²) in [5, 5.41) is 0. The average molecular weight is 402 g/mol. The number of carbonyl (C=O) groups excluding carboxylic acids is 4. The zero-order valence-electron chi connectivity index (χ0n) is 17.3. The molecule has 0 bridgehead atoms. The Hall–Kier alpha value is -2.70. The van der Waals surface area contributed by atoms with Gasteiger partial charge < -0.3 is 14.2 Å². The van der Waals surface area contributed by atoms with Crippen LogP contribution in [0.4, 0.5) is 0 Å². The first-order valence-corrected chi connectivity index (χ1v) is 9.67. The second kappa shape index (κ2) is 7.28. The highest BCUT2D eigenvalue weighted by molar-refractivity contribution is 5.99. The normalized spacial score (nSPS) is 38.8. The number of carbonyl (C=O) groups is 4. The Bertz CT molecular complexity index is 851. The van der Waals surface area contributed by atoms with Gasteiger partial charge in [-0.15, -0.1) is 0 Å². The first-order valence-electron chi connectivity index (χ1n) is 9.67. The SMILES string of the molecule is C=C1C(=O)OC2C(OC(C)=O)C(C)C3C=CC(=O)C3(C)C(OC(=O)C(C)=CC)C12. The van der Waals surface area contributed by atoms with E-state index >= 15 is 0 Å². The van der Waals surface area contributed by atoms with Gasteiger partial charge in [0, 0.05) is 24.0 Å². The molecule has 0 aromatic rings. The van der Waals surface area contributed by atoms with Gasteiger partial charge in [-0.1, -0.05) is 25.7 Å². The van der Waals surface area contributed by atoms with Crippen LogP contribution in [0.5, 0.6) is 0 Å². The summed E-state index contributed by atoms with van der Waals surface area (Å²) >= 11 is 0. The lowest BCUT2D eigenvalue weighted by atomic mass is 9.67. The summed E-state index contributed by atoms with van der Waals surface area (Å²) in [5.41, 5.74) is -0.653. The second-order valence-corrected chi connectivity index (χ2v) is 8.18. The summed E-state index contributed by atoms with van der Waals surface area (Å²) in [6, 6.07) is 0. The molecule has 0 aromatic heterocycles. The van der Waals surface area contributed by atoms with Crippen molar-refractivity contribution in [3.05, 3.63) is 36.0 Å². The first-order chi connectivity index (χ1) is 13.5. The third-order valence-electron chi connectivity index (χ3n) is 6.56. The van der Waals surface area contributed by atoms with Crippen molar-refractivity contribution in [3.63, 3.8) is 0 Å². The molecule has 0 spiro atoms. The van der Waals surface area contributed by atoms with Crippen LogP contribution in [0, 0.1) is 23.2 Å². The molecule has 0 N–H and O–H groups in total. The zero-order chi connectivity index (χ0) is 21.7. The predicted molar refractivity (Wildman–Crippen MR) is 102 cm³/mol. The fourth-order valence-corrected chi connectivity index (χ4v) is 4.78. The summed E-state index contributed by atoms with van der Waals surface area (Å²) in [6.07, 6.45) is 2.16. The van der Waals surface area contributed by atoms with E-state index in [2.05, 4.69) is 6.58 Å². The van der Waals surface area contributed by atoms with E-state index in [-0.39, 0.29) is 23.2 Å². The number of fused-ring (bicyclic) bond motifs is 2. The molecule has 0 radical (unpaired) electrons. The highest BCUT2D eigenvalue weighted by Crippen LogP contribution is 2.55. The first kappa shape index (κ1) is 21.0. The van der Waals surface area contributed by atoms with Crippen molar-refractivity contribution >= 4 is 23.7 Å². The Balaban J connectivity index is 2.17. The van der Waals surface area contributed by atoms with Crippen LogP contribution in [0.3, 0.4) is 0 Å². The zero-order valence-corrected chi connectivity index (χ0v) is 17.3. The van der Waals surface area contributed by atoms with Gasteiger partial charge in [0.25, 0.3) is 0 Å². The number of rotatable bonds is 3. The lowest BCUT2D eigenvalue weighted by Gasteiger charge is -2.39. The molecular weight excluding hydrogens is 376 g/mol. The van der Waals surface area contributed by atoms with Crippen LogP contribution in [0.15, 0.2) is 36.0 Å². The number of hydrogen-bond donors (Lipinski definition) is 0. The molecule has 1 saturated carbocycles. The van der Waals surface area contributed by atoms with E-state index in [9.17, 15) is 19.2 Å². The number of allylic oxidation sites excluding steroid dienone is 3. The van der Waals surface area contributed by atoms with Crippen molar-refractivity contribution < 1.29 is 33.4 Å². The molecule has 1 saturated heterocycles. The van der Waals surface area contributed by atoms with Crippen LogP contribution in [-0.4, -0.2) is 42.0 Å². The maximum atomic E-state index is 13.0. The maximum absolute atomic E-state index is 13.0. The van der Waals surface area contributed by atoms with Gasteiger partial charge in [0.05, 0.1) is 11.3 Å². The number of hydrogen-bond acceptors (Lipinski definition) is 7. The molecular formula is C22H26O7. The third-order valence-corrected chi connectivity index (χ3v) is 6.56. The summed E-state index contributed by atoms with van der Waals surface area (Å²) in [5.74, 6) is -3.49. The van der Waals surface area contributed by atoms with Gasteiger partial charge >= 0.3 is 17.9 Å². The van der Waals surface area contributed by atoms with Crippen LogP contribution >= 0.6 is 0 Å². The topological polar surface area (TPSA) is 96.0 Å². The van der Waals surface area contributed by atoms with Gasteiger partial charge in [0.15, 0.2) is 5.78 Å². The molecule has 2 fully saturated rings. The van der Waals surface area contributed by atoms with E-state index in [1.165, 1.54) is 13.0 Å². The van der Waals surface area contributed by atoms with Crippen LogP contribution in [0.2, 0.25) is 0 Å². The lowest BCUT2D eigenvalue weighted by Crippen LogP contribution is -2.49. The molecule has 7 heteroatoms. The van der Waals surface area contributed by atoms with Gasteiger partial charge in [0.1, 0.15) is 18.3 Å². The Morgan fingerprint density at radius 3 is 2.48 bits per heavy atom. The summed E-state index contributed by atoms with van der Waals surface area (Å²) in [4.78, 5) is 49.8. The number of esters is 3. The number of ether oxygens (including phenoxy) is 3. The fraction of sp³-hybridized carbons (Fsp3) is 0.545. The molecule has 7 nitrogen and oxygen atoms in total. The van der Waals surface area contributed by atoms with E-state index < -0.39 is 47.6 Å². The van der Waals surface area contributed by atoms with Crippen molar-refractivity contribution in [1.82, 2.24) is 0 Å². The third kappa shape index (κ3) is 3.12. The van der Waals surface area contributed by atoms with Gasteiger partial charge in [-0.2, -0.15) is 0 Å². The Labute approximate surface area is 169 Å². The fourth-order valence-electron chi connectivity index (χ4n) is 4.78. The molecule has 3 rings (SSSR count). The van der Waals surface area contributed by atoms with Crippen molar-refractivity contribution in [2.24, 2.45) is 23.2 Å². The largest absolute Gasteiger partial charge is 0.458 e. The maximum Gasteiger partial charge on any atom is 0.334 e. The quantitative estimate of drug-likeness (QED) is 0.406. The van der Waals surface area contributed by atoms with Gasteiger partial charge in [-0.05, 0) is 32.8 Å². The Morgan fingerprint density at radius 2 is 1.90 bits per heavy atom. The standard InChI is InChI=1S/C22H26O7/c1-7-10(2)20(25)29-19-16-12(4)21(26)28-18(16)17(27-13(5)23)11(3)14-8-9-15(24)22(14,19)6/h7-9,11,14,16-19H,4H2,1-3,5-6H3. The van der Waals surface area contributed by atoms with Gasteiger partial charge in [-0.25, -0.2) is 9.59 Å². The molecule has 1 aliphatic heterocycles. The summed E-state index contributed by atoms with van der Waals surface area (Å²) in [7, 11) is 0. The van der Waals surface area contributed by atoms with E-state index in [1.54, 1.807) is 32.9 Å². The number of ketones is 1. The van der Waals surface area contributed by atoms with Gasteiger partial charge in [-0.3, -0.25) is 9.59 Å². The molecule has 156 valence electrons. The predicted octanol–water partition coefficient (Wildman–Crippen LogP) is 2.30. The Kier molecular flexibility index (Phi) is 5.28. The van der Waals surface area contributed by atoms with Crippen molar-refractivity contribution in [2.45, 2.75) is 52.9 Å². The van der Waals surface area contributed by atoms with E-state index in [0.29, 0.717) is 5.57 Å². The smallest absolute Gasteiger partial charge is 0.334 e. The summed E-state index contributed by atoms with van der Waals surface area (Å²) in [6.45, 7) is 12.0. The van der Waals surface area contributed by atoms with E-state index in [1.807, 2.05) is 6.92 Å². The summed E-state index contributed by atoms with van der Waals surface area (Å²) < 4.78 is 16.9. The average Bonchev–Trinajstić information content (AvgIpc) is 3.11. The van der Waals surface area contributed by atoms with Crippen molar-refractivity contribution in [2.75, 3.05) is 0 Å². The van der Waals surface area contributed by atoms with E-state index in [0.717, 1.165) is 0 Å². The minimum absolute atomic E-state index is 0.108. The molecule has 29 heavy (non-hydrogen) atoms. The molecule has 3 aliphatic rings. The minimum atomic E-state index is -1.14. The van der Waals surface area contributed by atoms with Crippen LogP contribution in [-0.2, 0) is 33.4 Å². The molecule has 1 heterocycles. The Morgan fingerprint density at radius 1 is 1.24 bits per heavy atom. The second-order valence-electron chi connectivity index (χ2n) is 8.18. The molecule has 2 aliphatic carbocycles. The monoisotopic (exact) mass is 402 g/mol. The van der Waals surface area contributed by atoms with Gasteiger partial charge in [0.2, 0.25) is 0 Å². The molecule has 0 amide bonds. The molecule has 7 atom stereocenters. The highest BCUT2D eigenvalue weighted by Gasteiger charge is 2.65. The van der Waals surface area contributed by atoms with E-state index in [4.69, 9.17) is 14.2 Å². The highest BCUT2D eigenvalue weighted by atomic mass is 16.6. The minimum Gasteiger partial charge on any atom is -0.458 e. The van der Waals surface area contributed by atoms with Crippen LogP contribution < -0.4 is 0 Å². The molecule has 7 unspecified atom stereocenters. The lowest BCUT2D eigenvalue weighted by molar-refractivity contribution is -0.167. The van der Waals surface area contributed by atoms with Crippen molar-refractivity contribution in [1.29, 1.82) is 0 Å². The molecule has 0 aromatic carbocycles. The van der Waals surface area contributed by atoms with Crippen molar-refractivity contribution in [3.8, 4) is 0 Å².